The molecule has 336 valence electrons. The third kappa shape index (κ3) is 8.86. The summed E-state index contributed by atoms with van der Waals surface area (Å²) >= 11 is 0. The average Bonchev–Trinajstić information content (AvgIpc) is 3.82. The Morgan fingerprint density at radius 2 is 1.86 bits per heavy atom. The molecule has 9 N–H and O–H groups in total. The summed E-state index contributed by atoms with van der Waals surface area (Å²) in [5.74, 6) is -2.67. The van der Waals surface area contributed by atoms with Crippen molar-refractivity contribution in [3.8, 4) is 22.6 Å². The number of phenolic OH excluding ortho intramolecular Hbond substituents is 1. The van der Waals surface area contributed by atoms with E-state index in [0.29, 0.717) is 12.2 Å². The summed E-state index contributed by atoms with van der Waals surface area (Å²) in [5, 5.41) is 59.4. The monoisotopic (exact) mass is 911 g/mol. The Balaban J connectivity index is 1.13. The number of aromatic nitrogens is 1. The van der Waals surface area contributed by atoms with Crippen LogP contribution in [0.1, 0.15) is 59.3 Å². The molecule has 4 heterocycles. The smallest absolute Gasteiger partial charge is 0.335 e. The predicted molar refractivity (Wildman–Crippen MR) is 243 cm³/mol. The highest BCUT2D eigenvalue weighted by molar-refractivity contribution is 8.76. The zero-order valence-corrected chi connectivity index (χ0v) is 36.5. The van der Waals surface area contributed by atoms with E-state index in [2.05, 4.69) is 54.5 Å². The van der Waals surface area contributed by atoms with Gasteiger partial charge in [0.2, 0.25) is 17.5 Å². The molecular formula is C47H49N3O12S2. The number of nitrogens with one attached hydrogen (secondary N) is 2. The van der Waals surface area contributed by atoms with Crippen molar-refractivity contribution in [2.45, 2.75) is 68.5 Å². The van der Waals surface area contributed by atoms with Crippen molar-refractivity contribution in [1.82, 2.24) is 10.3 Å². The largest absolute Gasteiger partial charge is 0.508 e. The van der Waals surface area contributed by atoms with Gasteiger partial charge in [-0.05, 0) is 88.3 Å². The van der Waals surface area contributed by atoms with Gasteiger partial charge in [0.1, 0.15) is 41.5 Å². The Hall–Kier alpha value is -5.37. The van der Waals surface area contributed by atoms with Gasteiger partial charge < -0.3 is 54.9 Å². The normalized spacial score (nSPS) is 28.6. The number of aromatic hydroxyl groups is 1. The number of aromatic amines is 1. The van der Waals surface area contributed by atoms with Gasteiger partial charge in [0.25, 0.3) is 5.91 Å². The molecule has 3 aromatic carbocycles. The number of phenols is 1. The summed E-state index contributed by atoms with van der Waals surface area (Å²) < 4.78 is 23.9. The van der Waals surface area contributed by atoms with E-state index >= 15 is 0 Å². The van der Waals surface area contributed by atoms with Gasteiger partial charge in [-0.15, -0.1) is 0 Å². The van der Waals surface area contributed by atoms with Gasteiger partial charge in [0.05, 0.1) is 10.9 Å². The topological polar surface area (TPSA) is 247 Å². The van der Waals surface area contributed by atoms with Crippen molar-refractivity contribution in [3.63, 3.8) is 0 Å². The van der Waals surface area contributed by atoms with E-state index in [-0.39, 0.29) is 69.8 Å². The van der Waals surface area contributed by atoms with Crippen LogP contribution >= 0.6 is 21.6 Å². The number of aliphatic hydroxyl groups is 3. The highest BCUT2D eigenvalue weighted by Gasteiger charge is 2.63. The number of hydrogen-bond donors (Lipinski definition) is 8. The number of fused-ring (bicyclic) bond motifs is 3. The third-order valence-corrected chi connectivity index (χ3v) is 14.5. The van der Waals surface area contributed by atoms with Crippen LogP contribution in [0.2, 0.25) is 0 Å². The molecule has 0 bridgehead atoms. The number of rotatable bonds is 9. The van der Waals surface area contributed by atoms with E-state index in [1.165, 1.54) is 75.2 Å². The zero-order chi connectivity index (χ0) is 45.3. The first kappa shape index (κ1) is 45.2. The summed E-state index contributed by atoms with van der Waals surface area (Å²) in [6, 6.07) is 19.8. The molecule has 2 aliphatic heterocycles. The number of nitrogens with two attached hydrogens (primary N) is 1. The van der Waals surface area contributed by atoms with Crippen LogP contribution in [-0.4, -0.2) is 97.1 Å². The molecule has 0 saturated carbocycles. The third-order valence-electron chi connectivity index (χ3n) is 12.4. The molecule has 3 aliphatic rings. The average molecular weight is 912 g/mol. The summed E-state index contributed by atoms with van der Waals surface area (Å²) in [6.07, 6.45) is 1.41. The van der Waals surface area contributed by atoms with E-state index in [1.54, 1.807) is 0 Å². The molecule has 64 heavy (non-hydrogen) atoms. The van der Waals surface area contributed by atoms with Gasteiger partial charge >= 0.3 is 5.97 Å². The molecule has 0 radical (unpaired) electrons. The number of ether oxygens (including phenoxy) is 3. The number of carbonyl (C=O) groups is 2. The second-order valence-corrected chi connectivity index (χ2v) is 18.8. The number of benzene rings is 3. The SMILES string of the molecule is CC1C=CC(=CCC(C)C2CNC(O)C3(O)C(Oc4ccc5c(=O)c(-c6ccc(O)cc6)c(C(N)=O)oc5c4)OC(C(=O)O)C(O)C3OCSSCC2c2cc[nH]c2)c2ccccc21. The fraction of sp³-hybridized carbons (Fsp3) is 0.340. The second kappa shape index (κ2) is 19.0. The number of carboxylic acids is 1. The summed E-state index contributed by atoms with van der Waals surface area (Å²) in [7, 11) is 2.84. The molecule has 1 aliphatic carbocycles. The number of carboxylic acid groups (broad SMARTS) is 1. The van der Waals surface area contributed by atoms with Crippen molar-refractivity contribution >= 4 is 50.0 Å². The van der Waals surface area contributed by atoms with Crippen LogP contribution in [0.5, 0.6) is 11.5 Å². The van der Waals surface area contributed by atoms with E-state index < -0.39 is 59.5 Å². The quantitative estimate of drug-likeness (QED) is 0.0827. The van der Waals surface area contributed by atoms with Gasteiger partial charge in [-0.3, -0.25) is 14.9 Å². The Morgan fingerprint density at radius 3 is 2.59 bits per heavy atom. The first-order valence-corrected chi connectivity index (χ1v) is 23.3. The number of hydrogen-bond acceptors (Lipinski definition) is 14. The Kier molecular flexibility index (Phi) is 13.4. The van der Waals surface area contributed by atoms with Crippen LogP contribution in [0.15, 0.2) is 113 Å². The van der Waals surface area contributed by atoms with Gasteiger partial charge in [-0.1, -0.05) is 90.1 Å². The van der Waals surface area contributed by atoms with Crippen molar-refractivity contribution < 1.29 is 53.7 Å². The fourth-order valence-corrected chi connectivity index (χ4v) is 10.9. The van der Waals surface area contributed by atoms with E-state index in [4.69, 9.17) is 24.4 Å². The van der Waals surface area contributed by atoms with Crippen molar-refractivity contribution in [3.05, 3.63) is 136 Å². The van der Waals surface area contributed by atoms with Gasteiger partial charge in [-0.2, -0.15) is 0 Å². The number of amides is 1. The highest BCUT2D eigenvalue weighted by Crippen LogP contribution is 2.43. The molecule has 2 aromatic heterocycles. The van der Waals surface area contributed by atoms with E-state index in [9.17, 15) is 39.9 Å². The van der Waals surface area contributed by atoms with E-state index in [0.717, 1.165) is 11.1 Å². The number of aliphatic hydroxyl groups excluding tert-OH is 2. The van der Waals surface area contributed by atoms with Gasteiger partial charge in [-0.25, -0.2) is 4.79 Å². The van der Waals surface area contributed by atoms with Crippen molar-refractivity contribution in [2.24, 2.45) is 17.6 Å². The molecular weight excluding hydrogens is 863 g/mol. The van der Waals surface area contributed by atoms with Gasteiger partial charge in [0, 0.05) is 30.8 Å². The standard InChI is InChI=1S/C47H49N3O12S2/c1-24-7-9-26(32-6-4-3-5-31(24)32)10-8-25(2)34-21-50-45(57)47(58)42(59-23-64-63-22-35(34)28-17-18-49-20-28)39(53)41(44(55)56)62-46(47)60-30-15-16-33-36(19-30)61-40(43(48)54)37(38(33)52)27-11-13-29(51)14-12-27/h3-7,9-20,24-25,34-35,39,41-42,45-46,49-51,53,57-58H,8,21-23H2,1-2H3,(H2,48,54)(H,55,56). The van der Waals surface area contributed by atoms with Crippen molar-refractivity contribution in [2.75, 3.05) is 18.2 Å². The van der Waals surface area contributed by atoms with Crippen LogP contribution in [0, 0.1) is 11.8 Å². The number of allylic oxidation sites excluding steroid dienone is 4. The van der Waals surface area contributed by atoms with Crippen LogP contribution < -0.4 is 21.2 Å². The maximum atomic E-state index is 13.8. The maximum absolute atomic E-state index is 13.8. The Morgan fingerprint density at radius 1 is 1.08 bits per heavy atom. The lowest BCUT2D eigenvalue weighted by Gasteiger charge is -2.50. The second-order valence-electron chi connectivity index (χ2n) is 16.4. The molecule has 0 spiro atoms. The summed E-state index contributed by atoms with van der Waals surface area (Å²) in [4.78, 5) is 42.1. The molecule has 10 atom stereocenters. The minimum atomic E-state index is -2.67. The number of primary amides is 1. The number of aliphatic carboxylic acids is 1. The van der Waals surface area contributed by atoms with Crippen LogP contribution in [-0.2, 0) is 14.3 Å². The van der Waals surface area contributed by atoms with Crippen LogP contribution in [0.4, 0.5) is 0 Å². The Bertz CT molecular complexity index is 2620. The summed E-state index contributed by atoms with van der Waals surface area (Å²) in [5.41, 5.74) is 6.96. The van der Waals surface area contributed by atoms with Crippen LogP contribution in [0.3, 0.4) is 0 Å². The first-order chi connectivity index (χ1) is 30.8. The molecule has 10 unspecified atom stereocenters. The molecule has 5 aromatic rings. The number of H-pyrrole nitrogens is 1. The summed E-state index contributed by atoms with van der Waals surface area (Å²) in [6.45, 7) is 4.47. The minimum Gasteiger partial charge on any atom is -0.508 e. The zero-order valence-electron chi connectivity index (χ0n) is 34.8. The molecule has 17 heteroatoms. The van der Waals surface area contributed by atoms with E-state index in [1.807, 2.05) is 30.6 Å². The minimum absolute atomic E-state index is 0.0111. The molecule has 8 rings (SSSR count). The highest BCUT2D eigenvalue weighted by atomic mass is 33.1. The first-order valence-electron chi connectivity index (χ1n) is 20.8. The van der Waals surface area contributed by atoms with Crippen molar-refractivity contribution in [1.29, 1.82) is 0 Å². The molecule has 2 fully saturated rings. The Labute approximate surface area is 375 Å². The number of carbonyl (C=O) groups excluding carboxylic acids is 1. The lowest BCUT2D eigenvalue weighted by molar-refractivity contribution is -0.342. The fourth-order valence-electron chi connectivity index (χ4n) is 8.87. The molecule has 2 saturated heterocycles. The van der Waals surface area contributed by atoms with Gasteiger partial charge in [0.15, 0.2) is 11.7 Å². The maximum Gasteiger partial charge on any atom is 0.335 e. The lowest BCUT2D eigenvalue weighted by Crippen LogP contribution is -2.75. The molecule has 15 nitrogen and oxygen atoms in total. The lowest BCUT2D eigenvalue weighted by atomic mass is 9.77. The van der Waals surface area contributed by atoms with Crippen LogP contribution in [0.25, 0.3) is 27.7 Å². The predicted octanol–water partition coefficient (Wildman–Crippen LogP) is 5.70. The molecule has 1 amide bonds.